The van der Waals surface area contributed by atoms with Crippen LogP contribution in [0.15, 0.2) is 0 Å². The molecule has 0 heterocycles. The van der Waals surface area contributed by atoms with Gasteiger partial charge in [0.1, 0.15) is 18.1 Å². The highest BCUT2D eigenvalue weighted by Crippen LogP contribution is 2.09. The molecular weight excluding hydrogens is 476 g/mol. The van der Waals surface area contributed by atoms with E-state index in [2.05, 4.69) is 16.0 Å². The zero-order valence-corrected chi connectivity index (χ0v) is 21.7. The van der Waals surface area contributed by atoms with Crippen LogP contribution in [0.4, 0.5) is 0 Å². The summed E-state index contributed by atoms with van der Waals surface area (Å²) >= 11 is 1.56. The Bertz CT molecular complexity index is 708. The molecule has 35 heavy (non-hydrogen) atoms. The van der Waals surface area contributed by atoms with Crippen molar-refractivity contribution in [1.29, 1.82) is 0 Å². The van der Waals surface area contributed by atoms with Crippen molar-refractivity contribution >= 4 is 41.4 Å². The average molecular weight is 519 g/mol. The molecule has 0 aliphatic heterocycles. The van der Waals surface area contributed by atoms with Crippen LogP contribution >= 0.6 is 11.8 Å². The number of nitrogens with two attached hydrogens (primary N) is 3. The Morgan fingerprint density at radius 1 is 0.857 bits per heavy atom. The number of hydrogen-bond donors (Lipinski definition) is 7. The van der Waals surface area contributed by atoms with Gasteiger partial charge >= 0.3 is 5.97 Å². The molecule has 12 nitrogen and oxygen atoms in total. The molecule has 0 aromatic rings. The number of primary amides is 1. The Morgan fingerprint density at radius 2 is 1.43 bits per heavy atom. The topological polar surface area (TPSA) is 220 Å². The third-order valence-electron chi connectivity index (χ3n) is 5.18. The number of aliphatic carboxylic acids is 1. The number of carbonyl (C=O) groups is 5. The molecule has 4 unspecified atom stereocenters. The van der Waals surface area contributed by atoms with E-state index in [4.69, 9.17) is 17.2 Å². The maximum atomic E-state index is 13.1. The average Bonchev–Trinajstić information content (AvgIpc) is 2.78. The van der Waals surface area contributed by atoms with Crippen molar-refractivity contribution in [3.63, 3.8) is 0 Å². The zero-order chi connectivity index (χ0) is 27.0. The van der Waals surface area contributed by atoms with Gasteiger partial charge in [-0.15, -0.1) is 0 Å². The fraction of sp³-hybridized carbons (Fsp3) is 0.773. The fourth-order valence-corrected chi connectivity index (χ4v) is 3.70. The van der Waals surface area contributed by atoms with Crippen molar-refractivity contribution in [3.05, 3.63) is 0 Å². The number of nitrogens with one attached hydrogen (secondary N) is 3. The van der Waals surface area contributed by atoms with E-state index >= 15 is 0 Å². The van der Waals surface area contributed by atoms with Crippen molar-refractivity contribution < 1.29 is 29.1 Å². The first-order valence-corrected chi connectivity index (χ1v) is 13.2. The van der Waals surface area contributed by atoms with Crippen LogP contribution in [0.1, 0.15) is 58.8 Å². The fourth-order valence-electron chi connectivity index (χ4n) is 3.21. The Kier molecular flexibility index (Phi) is 16.7. The highest BCUT2D eigenvalue weighted by atomic mass is 32.2. The summed E-state index contributed by atoms with van der Waals surface area (Å²) in [5, 5.41) is 17.1. The van der Waals surface area contributed by atoms with Crippen molar-refractivity contribution in [2.45, 2.75) is 83.0 Å². The summed E-state index contributed by atoms with van der Waals surface area (Å²) in [6, 6.07) is -4.08. The first-order chi connectivity index (χ1) is 16.4. The van der Waals surface area contributed by atoms with Gasteiger partial charge in [0.15, 0.2) is 0 Å². The molecule has 202 valence electrons. The third-order valence-corrected chi connectivity index (χ3v) is 5.83. The van der Waals surface area contributed by atoms with Gasteiger partial charge in [0, 0.05) is 6.42 Å². The van der Waals surface area contributed by atoms with Gasteiger partial charge in [0.25, 0.3) is 0 Å². The van der Waals surface area contributed by atoms with E-state index in [1.54, 1.807) is 11.8 Å². The molecule has 0 bridgehead atoms. The lowest BCUT2D eigenvalue weighted by atomic mass is 10.0. The summed E-state index contributed by atoms with van der Waals surface area (Å²) in [4.78, 5) is 61.0. The SMILES string of the molecule is CSCCC(N)C(=O)NC(CC(C)C)C(=O)NC(CCCCN)C(=O)NC(CCC(N)=O)C(=O)O. The van der Waals surface area contributed by atoms with Gasteiger partial charge in [0.2, 0.25) is 23.6 Å². The highest BCUT2D eigenvalue weighted by molar-refractivity contribution is 7.98. The van der Waals surface area contributed by atoms with Gasteiger partial charge in [-0.2, -0.15) is 11.8 Å². The molecule has 0 saturated carbocycles. The first-order valence-electron chi connectivity index (χ1n) is 11.8. The second kappa shape index (κ2) is 18.0. The van der Waals surface area contributed by atoms with Gasteiger partial charge in [-0.05, 0) is 63.0 Å². The number of carboxylic acids is 1. The van der Waals surface area contributed by atoms with Gasteiger partial charge in [-0.1, -0.05) is 13.8 Å². The molecule has 0 spiro atoms. The minimum Gasteiger partial charge on any atom is -0.480 e. The summed E-state index contributed by atoms with van der Waals surface area (Å²) in [5.74, 6) is -3.00. The number of thioether (sulfide) groups is 1. The molecule has 0 saturated heterocycles. The van der Waals surface area contributed by atoms with Crippen LogP contribution in [-0.2, 0) is 24.0 Å². The largest absolute Gasteiger partial charge is 0.480 e. The summed E-state index contributed by atoms with van der Waals surface area (Å²) in [6.45, 7) is 4.17. The van der Waals surface area contributed by atoms with Crippen molar-refractivity contribution in [2.75, 3.05) is 18.6 Å². The van der Waals surface area contributed by atoms with E-state index in [9.17, 15) is 29.1 Å². The molecule has 0 aliphatic rings. The lowest BCUT2D eigenvalue weighted by Gasteiger charge is -2.26. The molecule has 10 N–H and O–H groups in total. The monoisotopic (exact) mass is 518 g/mol. The lowest BCUT2D eigenvalue weighted by molar-refractivity contribution is -0.142. The molecule has 0 aromatic heterocycles. The minimum atomic E-state index is -1.34. The molecule has 0 aliphatic carbocycles. The third kappa shape index (κ3) is 14.6. The molecule has 4 atom stereocenters. The van der Waals surface area contributed by atoms with Crippen molar-refractivity contribution in [3.8, 4) is 0 Å². The summed E-state index contributed by atoms with van der Waals surface area (Å²) < 4.78 is 0. The molecular formula is C22H42N6O6S. The highest BCUT2D eigenvalue weighted by Gasteiger charge is 2.30. The Morgan fingerprint density at radius 3 is 1.94 bits per heavy atom. The van der Waals surface area contributed by atoms with Crippen LogP contribution < -0.4 is 33.2 Å². The molecule has 0 aromatic carbocycles. The Hall–Kier alpha value is -2.38. The van der Waals surface area contributed by atoms with E-state index in [-0.39, 0.29) is 25.2 Å². The van der Waals surface area contributed by atoms with E-state index in [1.807, 2.05) is 20.1 Å². The minimum absolute atomic E-state index is 0.0585. The predicted octanol–water partition coefficient (Wildman–Crippen LogP) is -0.954. The number of amides is 4. The molecule has 13 heteroatoms. The van der Waals surface area contributed by atoms with Gasteiger partial charge in [-0.25, -0.2) is 4.79 Å². The quantitative estimate of drug-likeness (QED) is 0.105. The van der Waals surface area contributed by atoms with Gasteiger partial charge in [-0.3, -0.25) is 19.2 Å². The molecule has 0 radical (unpaired) electrons. The molecule has 4 amide bonds. The van der Waals surface area contributed by atoms with Crippen LogP contribution in [0, 0.1) is 5.92 Å². The first kappa shape index (κ1) is 32.6. The van der Waals surface area contributed by atoms with Crippen LogP contribution in [0.3, 0.4) is 0 Å². The predicted molar refractivity (Wildman–Crippen MR) is 135 cm³/mol. The van der Waals surface area contributed by atoms with Crippen molar-refractivity contribution in [2.24, 2.45) is 23.1 Å². The number of unbranched alkanes of at least 4 members (excludes halogenated alkanes) is 1. The number of carbonyl (C=O) groups excluding carboxylic acids is 4. The molecule has 0 rings (SSSR count). The van der Waals surface area contributed by atoms with Crippen molar-refractivity contribution in [1.82, 2.24) is 16.0 Å². The maximum Gasteiger partial charge on any atom is 0.326 e. The zero-order valence-electron chi connectivity index (χ0n) is 20.9. The van der Waals surface area contributed by atoms with E-state index in [1.165, 1.54) is 0 Å². The van der Waals surface area contributed by atoms with Gasteiger partial charge < -0.3 is 38.3 Å². The number of hydrogen-bond acceptors (Lipinski definition) is 8. The smallest absolute Gasteiger partial charge is 0.326 e. The van der Waals surface area contributed by atoms with Crippen LogP contribution in [-0.4, -0.2) is 77.4 Å². The molecule has 0 fully saturated rings. The Labute approximate surface area is 211 Å². The Balaban J connectivity index is 5.48. The van der Waals surface area contributed by atoms with Crippen LogP contribution in [0.25, 0.3) is 0 Å². The summed E-state index contributed by atoms with van der Waals surface area (Å²) in [7, 11) is 0. The van der Waals surface area contributed by atoms with E-state index in [0.29, 0.717) is 38.0 Å². The lowest BCUT2D eigenvalue weighted by Crippen LogP contribution is -2.57. The maximum absolute atomic E-state index is 13.1. The second-order valence-corrected chi connectivity index (χ2v) is 9.81. The summed E-state index contributed by atoms with van der Waals surface area (Å²) in [6.07, 6.45) is 3.59. The van der Waals surface area contributed by atoms with E-state index < -0.39 is 53.8 Å². The second-order valence-electron chi connectivity index (χ2n) is 8.83. The van der Waals surface area contributed by atoms with Crippen LogP contribution in [0.2, 0.25) is 0 Å². The normalized spacial score (nSPS) is 14.5. The van der Waals surface area contributed by atoms with E-state index in [0.717, 1.165) is 0 Å². The number of rotatable bonds is 19. The number of carboxylic acid groups (broad SMARTS) is 1. The summed E-state index contributed by atoms with van der Waals surface area (Å²) in [5.41, 5.74) is 16.5. The standard InChI is InChI=1S/C22H42N6O6S/c1-13(2)12-17(28-19(30)14(24)9-11-35-3)21(32)26-15(6-4-5-10-23)20(31)27-16(22(33)34)7-8-18(25)29/h13-17H,4-12,23-24H2,1-3H3,(H2,25,29)(H,26,32)(H,27,31)(H,28,30)(H,33,34). The van der Waals surface area contributed by atoms with Crippen LogP contribution in [0.5, 0.6) is 0 Å². The van der Waals surface area contributed by atoms with Gasteiger partial charge in [0.05, 0.1) is 6.04 Å².